The Bertz CT molecular complexity index is 3920. The highest BCUT2D eigenvalue weighted by molar-refractivity contribution is 5.79. The van der Waals surface area contributed by atoms with Crippen molar-refractivity contribution in [2.75, 3.05) is 185 Å². The van der Waals surface area contributed by atoms with Crippen molar-refractivity contribution in [2.24, 2.45) is 0 Å². The lowest BCUT2D eigenvalue weighted by atomic mass is 10.3. The number of rotatable bonds is 28. The molecule has 8 heterocycles. The van der Waals surface area contributed by atoms with Gasteiger partial charge in [-0.05, 0) is 48.1 Å². The van der Waals surface area contributed by atoms with Crippen LogP contribution in [0.15, 0.2) is 70.4 Å². The summed E-state index contributed by atoms with van der Waals surface area (Å²) in [5, 5.41) is 53.9. The van der Waals surface area contributed by atoms with Crippen LogP contribution in [0.4, 0.5) is 0 Å². The number of carboxylic acid groups (broad SMARTS) is 4. The van der Waals surface area contributed by atoms with E-state index in [1.807, 2.05) is 42.9 Å². The van der Waals surface area contributed by atoms with Crippen molar-refractivity contribution in [3.05, 3.63) is 127 Å². The molecule has 0 radical (unpaired) electrons. The molecule has 4 aliphatic heterocycles. The number of nitrogens with one attached hydrogen (secondary N) is 5. The molecule has 40 nitrogen and oxygen atoms in total. The van der Waals surface area contributed by atoms with E-state index in [2.05, 4.69) is 45.8 Å². The summed E-state index contributed by atoms with van der Waals surface area (Å²) in [5.74, 6) is -5.27. The molecule has 4 amide bonds. The number of aromatic nitrogens is 8. The van der Waals surface area contributed by atoms with E-state index in [0.717, 1.165) is 154 Å². The largest absolute Gasteiger partial charge is 0.480 e. The van der Waals surface area contributed by atoms with Gasteiger partial charge in [0.25, 0.3) is 16.7 Å². The predicted octanol–water partition coefficient (Wildman–Crippen LogP) is -7.52. The Morgan fingerprint density at radius 3 is 1.02 bits per heavy atom. The number of piperazine rings is 4. The fourth-order valence-electron chi connectivity index (χ4n) is 10.9. The van der Waals surface area contributed by atoms with E-state index in [4.69, 9.17) is 25.8 Å². The summed E-state index contributed by atoms with van der Waals surface area (Å²) in [6, 6.07) is 3.71. The molecule has 8 rings (SSSR count). The fraction of sp³-hybridized carbons (Fsp3) is 0.631. The fourth-order valence-corrected chi connectivity index (χ4v) is 10.9. The van der Waals surface area contributed by atoms with Gasteiger partial charge >= 0.3 is 46.6 Å². The third kappa shape index (κ3) is 31.2. The second kappa shape index (κ2) is 45.4. The maximum atomic E-state index is 12.3. The monoisotopic (exact) mass is 1490 g/mol. The summed E-state index contributed by atoms with van der Waals surface area (Å²) >= 11 is 0. The summed E-state index contributed by atoms with van der Waals surface area (Å²) in [6.45, 7) is 16.8. The normalized spacial score (nSPS) is 15.4. The summed E-state index contributed by atoms with van der Waals surface area (Å²) < 4.78 is 7.90. The maximum Gasteiger partial charge on any atom is 0.331 e. The van der Waals surface area contributed by atoms with Crippen LogP contribution in [0.3, 0.4) is 0 Å². The molecule has 0 bridgehead atoms. The number of likely N-dealkylation sites (N-methyl/N-ethyl adjacent to an activating group) is 4. The minimum absolute atomic E-state index is 0. The van der Waals surface area contributed by atoms with Crippen LogP contribution in [0.1, 0.15) is 33.5 Å². The number of nitrogens with zero attached hydrogens (tertiary/aromatic N) is 16. The molecule has 0 saturated carbocycles. The molecule has 0 aliphatic carbocycles. The molecule has 0 aromatic carbocycles. The second-order valence-electron chi connectivity index (χ2n) is 25.1. The second-order valence-corrected chi connectivity index (χ2v) is 25.1. The molecule has 9 N–H and O–H groups in total. The van der Waals surface area contributed by atoms with E-state index in [0.29, 0.717) is 6.54 Å². The zero-order valence-corrected chi connectivity index (χ0v) is 58.7. The van der Waals surface area contributed by atoms with Crippen LogP contribution in [-0.2, 0) is 90.7 Å². The van der Waals surface area contributed by atoms with Crippen molar-refractivity contribution < 1.29 is 58.8 Å². The summed E-state index contributed by atoms with van der Waals surface area (Å²) in [4.78, 5) is 193. The van der Waals surface area contributed by atoms with Gasteiger partial charge in [0, 0.05) is 199 Å². The third-order valence-electron chi connectivity index (χ3n) is 16.9. The van der Waals surface area contributed by atoms with Crippen LogP contribution in [0.2, 0.25) is 0 Å². The van der Waals surface area contributed by atoms with Crippen LogP contribution in [0.5, 0.6) is 0 Å². The maximum absolute atomic E-state index is 12.3. The van der Waals surface area contributed by atoms with Gasteiger partial charge < -0.3 is 61.3 Å². The first-order valence-electron chi connectivity index (χ1n) is 33.1. The Kier molecular flexibility index (Phi) is 39.5. The SMILES string of the molecule is C.C.C.CN1CCN(CC(=O)NCCn2c(=N)ccn(CC(=O)O)c2=O)CC1.CN1CCN(CC(=O)NCCn2c(=O)ccn(CC(=O)O)c2=O)CC1.Cc1cc(=O)n(CCNC(=O)CN2CCN(C)CC2)c(=O)n1CC(=O)O.Cc1cn(CC(=O)O)c(=O)n(CCNC(=O)CN2CCN(C)CC2)c1=O. The molecule has 0 atom stereocenters. The van der Waals surface area contributed by atoms with Gasteiger partial charge in [-0.1, -0.05) is 22.3 Å². The van der Waals surface area contributed by atoms with E-state index in [9.17, 15) is 71.9 Å². The number of aliphatic carboxylic acids is 4. The van der Waals surface area contributed by atoms with E-state index < -0.39 is 89.5 Å². The van der Waals surface area contributed by atoms with Crippen LogP contribution in [0.25, 0.3) is 0 Å². The van der Waals surface area contributed by atoms with Crippen molar-refractivity contribution in [1.82, 2.24) is 97.0 Å². The molecule has 0 spiro atoms. The lowest BCUT2D eigenvalue weighted by Crippen LogP contribution is -2.49. The molecule has 4 aromatic heterocycles. The highest BCUT2D eigenvalue weighted by atomic mass is 16.4. The van der Waals surface area contributed by atoms with Gasteiger partial charge in [-0.3, -0.25) is 114 Å². The van der Waals surface area contributed by atoms with Gasteiger partial charge in [-0.25, -0.2) is 19.2 Å². The number of carboxylic acids is 4. The number of hydrogen-bond acceptors (Lipinski definition) is 24. The molecule has 4 aliphatic rings. The molecule has 4 fully saturated rings. The van der Waals surface area contributed by atoms with E-state index in [1.165, 1.54) is 38.4 Å². The Balaban J connectivity index is 0.000000471. The zero-order chi connectivity index (χ0) is 75.3. The van der Waals surface area contributed by atoms with Crippen LogP contribution < -0.4 is 66.2 Å². The number of hydrogen-bond donors (Lipinski definition) is 9. The van der Waals surface area contributed by atoms with E-state index in [-0.39, 0.29) is 135 Å². The first-order valence-corrected chi connectivity index (χ1v) is 33.1. The summed E-state index contributed by atoms with van der Waals surface area (Å²) in [6.07, 6.45) is 3.67. The van der Waals surface area contributed by atoms with Gasteiger partial charge in [-0.15, -0.1) is 0 Å². The quantitative estimate of drug-likeness (QED) is 0.0255. The Morgan fingerprint density at radius 1 is 0.371 bits per heavy atom. The van der Waals surface area contributed by atoms with Gasteiger partial charge in [0.2, 0.25) is 23.6 Å². The molecular formula is C65H109N21O19. The Morgan fingerprint density at radius 2 is 0.667 bits per heavy atom. The molecular weight excluding hydrogens is 1380 g/mol. The first-order chi connectivity index (χ1) is 48.3. The van der Waals surface area contributed by atoms with Crippen molar-refractivity contribution in [3.8, 4) is 0 Å². The number of carbonyl (C=O) groups is 8. The van der Waals surface area contributed by atoms with E-state index in [1.54, 1.807) is 0 Å². The molecule has 40 heteroatoms. The molecule has 4 aromatic rings. The highest BCUT2D eigenvalue weighted by Gasteiger charge is 2.22. The lowest BCUT2D eigenvalue weighted by Gasteiger charge is -2.31. The molecule has 0 unspecified atom stereocenters. The van der Waals surface area contributed by atoms with E-state index >= 15 is 0 Å². The summed E-state index contributed by atoms with van der Waals surface area (Å²) in [5.41, 5.74) is -3.66. The van der Waals surface area contributed by atoms with Crippen LogP contribution in [0, 0.1) is 19.3 Å². The molecule has 4 saturated heterocycles. The number of amides is 4. The molecule has 588 valence electrons. The zero-order valence-electron chi connectivity index (χ0n) is 58.7. The van der Waals surface area contributed by atoms with Crippen LogP contribution in [-0.4, -0.2) is 329 Å². The summed E-state index contributed by atoms with van der Waals surface area (Å²) in [7, 11) is 8.15. The number of aryl methyl sites for hydroxylation is 2. The van der Waals surface area contributed by atoms with Crippen molar-refractivity contribution in [2.45, 2.75) is 88.5 Å². The highest BCUT2D eigenvalue weighted by Crippen LogP contribution is 2.02. The standard InChI is InChI=1S/2C16H25N5O5.C15H24N6O4.C15H23N5O5.3CH4/c1-12-9-20(11-14(23)24)16(26)21(15(12)25)4-3-17-13(22)10-19-7-5-18(2)6-8-19;1-12-9-14(23)20(16(26)21(12)11-15(24)25)4-3-17-13(22)10-19-7-5-18(2)6-8-19;1-18-6-8-19(9-7-18)10-13(22)17-3-5-21-12(16)2-4-20(15(21)25)11-14(23)24;1-17-6-8-18(9-7-17)10-12(21)16-3-5-20-13(22)2-4-19(15(20)25)11-14(23)24;;;/h9H,3-8,10-11H2,1-2H3,(H,17,22)(H,23,24);9H,3-8,10-11H2,1-2H3,(H,17,22)(H,24,25);2,4,16H,3,5-11H2,1H3,(H,17,22)(H,23,24);2,4H,3,5-11H2,1H3,(H,16,21)(H,23,24);3*1H4. The third-order valence-corrected chi connectivity index (χ3v) is 16.9. The van der Waals surface area contributed by atoms with Crippen molar-refractivity contribution >= 4 is 47.5 Å². The number of carbonyl (C=O) groups excluding carboxylic acids is 4. The van der Waals surface area contributed by atoms with Gasteiger partial charge in [0.05, 0.1) is 26.2 Å². The first kappa shape index (κ1) is 91.2. The minimum atomic E-state index is -1.17. The van der Waals surface area contributed by atoms with Crippen molar-refractivity contribution in [1.29, 1.82) is 5.41 Å². The Labute approximate surface area is 606 Å². The smallest absolute Gasteiger partial charge is 0.331 e. The average molecular weight is 1490 g/mol. The average Bonchev–Trinajstić information content (AvgIpc) is 0.793. The van der Waals surface area contributed by atoms with Gasteiger partial charge in [0.1, 0.15) is 31.7 Å². The minimum Gasteiger partial charge on any atom is -0.480 e. The topological polar surface area (TPSA) is 474 Å². The van der Waals surface area contributed by atoms with Crippen molar-refractivity contribution in [3.63, 3.8) is 0 Å². The lowest BCUT2D eigenvalue weighted by molar-refractivity contribution is -0.138. The van der Waals surface area contributed by atoms with Crippen LogP contribution >= 0.6 is 0 Å². The molecule has 105 heavy (non-hydrogen) atoms. The van der Waals surface area contributed by atoms with Gasteiger partial charge in [-0.2, -0.15) is 0 Å². The predicted molar refractivity (Wildman–Crippen MR) is 387 cm³/mol. The Hall–Kier alpha value is -9.84. The van der Waals surface area contributed by atoms with Gasteiger partial charge in [0.15, 0.2) is 0 Å².